The van der Waals surface area contributed by atoms with E-state index in [1.54, 1.807) is 6.07 Å². The van der Waals surface area contributed by atoms with Crippen molar-refractivity contribution in [1.82, 2.24) is 14.5 Å². The molecule has 3 aromatic rings. The molecular weight excluding hydrogens is 417 g/mol. The Labute approximate surface area is 187 Å². The molecule has 1 atom stereocenters. The quantitative estimate of drug-likeness (QED) is 0.483. The van der Waals surface area contributed by atoms with Crippen molar-refractivity contribution >= 4 is 29.1 Å². The summed E-state index contributed by atoms with van der Waals surface area (Å²) in [5, 5.41) is 1.20. The van der Waals surface area contributed by atoms with Crippen LogP contribution in [0.15, 0.2) is 55.0 Å². The van der Waals surface area contributed by atoms with Gasteiger partial charge < -0.3 is 9.47 Å². The smallest absolute Gasteiger partial charge is 0.226 e. The van der Waals surface area contributed by atoms with Crippen molar-refractivity contribution in [2.45, 2.75) is 39.3 Å². The average Bonchev–Trinajstić information content (AvgIpc) is 3.28. The molecule has 2 heterocycles. The minimum absolute atomic E-state index is 0.0578. The van der Waals surface area contributed by atoms with E-state index in [-0.39, 0.29) is 11.8 Å². The van der Waals surface area contributed by atoms with E-state index in [9.17, 15) is 4.79 Å². The lowest BCUT2D eigenvalue weighted by Gasteiger charge is -2.17. The van der Waals surface area contributed by atoms with Gasteiger partial charge in [0.1, 0.15) is 0 Å². The number of aromatic nitrogens is 2. The molecule has 0 aliphatic carbocycles. The van der Waals surface area contributed by atoms with Crippen molar-refractivity contribution in [3.63, 3.8) is 0 Å². The molecule has 0 unspecified atom stereocenters. The summed E-state index contributed by atoms with van der Waals surface area (Å²) in [6.07, 6.45) is 6.36. The van der Waals surface area contributed by atoms with Gasteiger partial charge in [-0.2, -0.15) is 0 Å². The van der Waals surface area contributed by atoms with Gasteiger partial charge in [-0.05, 0) is 55.5 Å². The first kappa shape index (κ1) is 21.0. The second kappa shape index (κ2) is 9.23. The average molecular weight is 442 g/mol. The van der Waals surface area contributed by atoms with Crippen LogP contribution < -0.4 is 0 Å². The molecule has 2 aromatic carbocycles. The second-order valence-corrected chi connectivity index (χ2v) is 8.93. The number of hydrogen-bond acceptors (Lipinski definition) is 2. The van der Waals surface area contributed by atoms with Crippen molar-refractivity contribution in [2.24, 2.45) is 5.92 Å². The van der Waals surface area contributed by atoms with Gasteiger partial charge in [-0.25, -0.2) is 4.98 Å². The lowest BCUT2D eigenvalue weighted by molar-refractivity contribution is -0.131. The van der Waals surface area contributed by atoms with E-state index in [0.717, 1.165) is 37.9 Å². The van der Waals surface area contributed by atoms with Crippen LogP contribution in [0.5, 0.6) is 0 Å². The highest BCUT2D eigenvalue weighted by molar-refractivity contribution is 6.34. The number of amides is 1. The lowest BCUT2D eigenvalue weighted by Crippen LogP contribution is -2.27. The van der Waals surface area contributed by atoms with Gasteiger partial charge in [0, 0.05) is 47.5 Å². The molecule has 6 heteroatoms. The first-order chi connectivity index (χ1) is 14.5. The largest absolute Gasteiger partial charge is 0.338 e. The van der Waals surface area contributed by atoms with E-state index in [0.29, 0.717) is 16.6 Å². The number of hydrogen-bond donors (Lipinski definition) is 0. The van der Waals surface area contributed by atoms with Crippen LogP contribution in [0.4, 0.5) is 0 Å². The maximum Gasteiger partial charge on any atom is 0.226 e. The molecule has 4 rings (SSSR count). The van der Waals surface area contributed by atoms with Crippen molar-refractivity contribution in [3.05, 3.63) is 87.4 Å². The summed E-state index contributed by atoms with van der Waals surface area (Å²) < 4.78 is 2.18. The number of imidazole rings is 1. The normalized spacial score (nSPS) is 16.4. The molecule has 1 aliphatic rings. The van der Waals surface area contributed by atoms with Crippen LogP contribution in [0.25, 0.3) is 0 Å². The summed E-state index contributed by atoms with van der Waals surface area (Å²) in [7, 11) is 0. The highest BCUT2D eigenvalue weighted by Gasteiger charge is 2.31. The van der Waals surface area contributed by atoms with Crippen molar-refractivity contribution in [2.75, 3.05) is 6.54 Å². The van der Waals surface area contributed by atoms with Gasteiger partial charge in [-0.15, -0.1) is 0 Å². The highest BCUT2D eigenvalue weighted by Crippen LogP contribution is 2.27. The van der Waals surface area contributed by atoms with Crippen LogP contribution in [-0.2, 0) is 24.3 Å². The number of carbonyl (C=O) groups is 1. The third-order valence-electron chi connectivity index (χ3n) is 5.73. The molecule has 1 aliphatic heterocycles. The monoisotopic (exact) mass is 441 g/mol. The summed E-state index contributed by atoms with van der Waals surface area (Å²) in [6, 6.07) is 14.0. The topological polar surface area (TPSA) is 38.1 Å². The Morgan fingerprint density at radius 2 is 1.77 bits per heavy atom. The van der Waals surface area contributed by atoms with Gasteiger partial charge >= 0.3 is 0 Å². The first-order valence-corrected chi connectivity index (χ1v) is 11.0. The van der Waals surface area contributed by atoms with E-state index in [1.165, 1.54) is 16.8 Å². The van der Waals surface area contributed by atoms with Crippen LogP contribution in [-0.4, -0.2) is 26.9 Å². The van der Waals surface area contributed by atoms with Crippen LogP contribution in [0, 0.1) is 12.8 Å². The summed E-state index contributed by atoms with van der Waals surface area (Å²) in [5.41, 5.74) is 4.65. The number of rotatable bonds is 7. The van der Waals surface area contributed by atoms with Gasteiger partial charge in [-0.3, -0.25) is 4.79 Å². The molecule has 1 saturated heterocycles. The molecule has 1 fully saturated rings. The minimum Gasteiger partial charge on any atom is -0.338 e. The lowest BCUT2D eigenvalue weighted by atomic mass is 10.0. The maximum atomic E-state index is 12.9. The molecule has 0 spiro atoms. The number of aryl methyl sites for hydroxylation is 2. The summed E-state index contributed by atoms with van der Waals surface area (Å²) in [5.74, 6) is 0.276. The zero-order valence-corrected chi connectivity index (χ0v) is 18.5. The zero-order valence-electron chi connectivity index (χ0n) is 17.0. The summed E-state index contributed by atoms with van der Waals surface area (Å²) in [4.78, 5) is 19.1. The van der Waals surface area contributed by atoms with E-state index < -0.39 is 0 Å². The van der Waals surface area contributed by atoms with Crippen LogP contribution in [0.3, 0.4) is 0 Å². The molecule has 0 bridgehead atoms. The summed E-state index contributed by atoms with van der Waals surface area (Å²) >= 11 is 12.2. The van der Waals surface area contributed by atoms with Gasteiger partial charge in [0.2, 0.25) is 5.91 Å². The number of benzene rings is 2. The Kier molecular flexibility index (Phi) is 6.45. The Hall–Kier alpha value is -2.30. The molecule has 1 amide bonds. The van der Waals surface area contributed by atoms with Crippen LogP contribution in [0.2, 0.25) is 10.0 Å². The number of halogens is 2. The van der Waals surface area contributed by atoms with Gasteiger partial charge in [-0.1, -0.05) is 53.0 Å². The number of carbonyl (C=O) groups excluding carboxylic acids is 1. The predicted molar refractivity (Wildman–Crippen MR) is 121 cm³/mol. The molecule has 4 nitrogen and oxygen atoms in total. The minimum atomic E-state index is 0.0578. The molecule has 156 valence electrons. The van der Waals surface area contributed by atoms with Gasteiger partial charge in [0.15, 0.2) is 0 Å². The third-order valence-corrected chi connectivity index (χ3v) is 6.16. The predicted octanol–water partition coefficient (Wildman–Crippen LogP) is 5.53. The van der Waals surface area contributed by atoms with Crippen molar-refractivity contribution < 1.29 is 4.79 Å². The molecule has 0 saturated carbocycles. The standard InChI is InChI=1S/C24H25Cl2N3O/c1-17-2-4-18(5-3-17)14-29-16-27-13-23(29)7-6-20-8-9-28(24(20)30)15-19-10-21(25)12-22(26)11-19/h2-5,10-13,16,20H,6-9,14-15H2,1H3/t20-/m1/s1. The van der Waals surface area contributed by atoms with E-state index in [2.05, 4.69) is 40.7 Å². The Bertz CT molecular complexity index is 1010. The number of likely N-dealkylation sites (tertiary alicyclic amines) is 1. The Morgan fingerprint density at radius 3 is 2.50 bits per heavy atom. The Morgan fingerprint density at radius 1 is 1.03 bits per heavy atom. The van der Waals surface area contributed by atoms with Gasteiger partial charge in [0.05, 0.1) is 6.33 Å². The SMILES string of the molecule is Cc1ccc(Cn2cncc2CC[C@@H]2CCN(Cc3cc(Cl)cc(Cl)c3)C2=O)cc1. The molecular formula is C24H25Cl2N3O. The van der Waals surface area contributed by atoms with Crippen molar-refractivity contribution in [1.29, 1.82) is 0 Å². The molecule has 1 aromatic heterocycles. The van der Waals surface area contributed by atoms with E-state index in [1.807, 2.05) is 29.6 Å². The summed E-state index contributed by atoms with van der Waals surface area (Å²) in [6.45, 7) is 4.22. The maximum absolute atomic E-state index is 12.9. The molecule has 30 heavy (non-hydrogen) atoms. The first-order valence-electron chi connectivity index (χ1n) is 10.3. The van der Waals surface area contributed by atoms with Crippen molar-refractivity contribution in [3.8, 4) is 0 Å². The van der Waals surface area contributed by atoms with Crippen LogP contribution in [0.1, 0.15) is 35.2 Å². The second-order valence-electron chi connectivity index (χ2n) is 8.06. The highest BCUT2D eigenvalue weighted by atomic mass is 35.5. The Balaban J connectivity index is 1.34. The van der Waals surface area contributed by atoms with Gasteiger partial charge in [0.25, 0.3) is 0 Å². The van der Waals surface area contributed by atoms with E-state index in [4.69, 9.17) is 23.2 Å². The molecule has 0 N–H and O–H groups in total. The third kappa shape index (κ3) is 5.05. The fraction of sp³-hybridized carbons (Fsp3) is 0.333. The fourth-order valence-corrected chi connectivity index (χ4v) is 4.63. The zero-order chi connectivity index (χ0) is 21.1. The fourth-order valence-electron chi connectivity index (χ4n) is 4.06. The van der Waals surface area contributed by atoms with Crippen LogP contribution >= 0.6 is 23.2 Å². The van der Waals surface area contributed by atoms with E-state index >= 15 is 0 Å². The molecule has 0 radical (unpaired) electrons. The number of nitrogens with zero attached hydrogens (tertiary/aromatic N) is 3.